The molecule has 0 aliphatic heterocycles. The average Bonchev–Trinajstić information content (AvgIpc) is 3.16. The zero-order valence-corrected chi connectivity index (χ0v) is 15.6. The number of alkyl halides is 3. The number of nitrogens with zero attached hydrogens (tertiary/aromatic N) is 3. The number of pyridine rings is 1. The SMILES string of the molecule is FCCNC1CCC(CNc2cc(Cl)ncc2-c2ccn(C(F)F)n2)CC1. The minimum atomic E-state index is -2.68. The van der Waals surface area contributed by atoms with Gasteiger partial charge in [-0.3, -0.25) is 0 Å². The summed E-state index contributed by atoms with van der Waals surface area (Å²) in [5, 5.41) is 10.8. The Morgan fingerprint density at radius 3 is 2.70 bits per heavy atom. The molecule has 0 aromatic carbocycles. The second-order valence-corrected chi connectivity index (χ2v) is 7.14. The summed E-state index contributed by atoms with van der Waals surface area (Å²) in [4.78, 5) is 4.05. The molecular weight excluding hydrogens is 379 g/mol. The van der Waals surface area contributed by atoms with E-state index in [1.807, 2.05) is 0 Å². The van der Waals surface area contributed by atoms with Gasteiger partial charge in [-0.25, -0.2) is 14.1 Å². The van der Waals surface area contributed by atoms with E-state index >= 15 is 0 Å². The smallest absolute Gasteiger partial charge is 0.333 e. The van der Waals surface area contributed by atoms with Crippen LogP contribution >= 0.6 is 11.6 Å². The molecule has 27 heavy (non-hydrogen) atoms. The fraction of sp³-hybridized carbons (Fsp3) is 0.556. The maximum atomic E-state index is 12.8. The molecule has 0 radical (unpaired) electrons. The van der Waals surface area contributed by atoms with Crippen LogP contribution in [0.25, 0.3) is 11.3 Å². The fourth-order valence-electron chi connectivity index (χ4n) is 3.45. The van der Waals surface area contributed by atoms with Gasteiger partial charge in [0.15, 0.2) is 0 Å². The van der Waals surface area contributed by atoms with Crippen LogP contribution in [0.4, 0.5) is 18.9 Å². The van der Waals surface area contributed by atoms with E-state index in [1.165, 1.54) is 12.3 Å². The summed E-state index contributed by atoms with van der Waals surface area (Å²) in [6.07, 6.45) is 6.92. The third-order valence-electron chi connectivity index (χ3n) is 4.91. The molecule has 0 amide bonds. The molecule has 0 saturated heterocycles. The first-order valence-corrected chi connectivity index (χ1v) is 9.47. The molecular formula is C18H23ClF3N5. The molecule has 2 aromatic rings. The second-order valence-electron chi connectivity index (χ2n) is 6.75. The predicted octanol–water partition coefficient (Wildman–Crippen LogP) is 4.52. The third-order valence-corrected chi connectivity index (χ3v) is 5.12. The number of nitrogens with one attached hydrogen (secondary N) is 2. The topological polar surface area (TPSA) is 54.8 Å². The van der Waals surface area contributed by atoms with Gasteiger partial charge < -0.3 is 10.6 Å². The van der Waals surface area contributed by atoms with Gasteiger partial charge in [-0.2, -0.15) is 13.9 Å². The second kappa shape index (κ2) is 9.41. The van der Waals surface area contributed by atoms with Gasteiger partial charge in [0.1, 0.15) is 11.8 Å². The molecule has 1 aliphatic rings. The van der Waals surface area contributed by atoms with E-state index in [0.717, 1.165) is 37.9 Å². The van der Waals surface area contributed by atoms with E-state index in [4.69, 9.17) is 11.6 Å². The van der Waals surface area contributed by atoms with E-state index in [0.29, 0.717) is 39.6 Å². The maximum Gasteiger partial charge on any atom is 0.333 e. The molecule has 148 valence electrons. The molecule has 0 spiro atoms. The standard InChI is InChI=1S/C18H23ClF3N5/c19-17-9-16(14(11-25-17)15-5-8-27(26-15)18(21)22)24-10-12-1-3-13(4-2-12)23-7-6-20/h5,8-9,11-13,18,23H,1-4,6-7,10H2,(H,24,25). The Labute approximate surface area is 161 Å². The van der Waals surface area contributed by atoms with Crippen LogP contribution in [0.1, 0.15) is 32.2 Å². The molecule has 0 bridgehead atoms. The van der Waals surface area contributed by atoms with Gasteiger partial charge in [0, 0.05) is 42.8 Å². The summed E-state index contributed by atoms with van der Waals surface area (Å²) in [7, 11) is 0. The first kappa shape index (κ1) is 19.9. The van der Waals surface area contributed by atoms with E-state index in [-0.39, 0.29) is 6.67 Å². The van der Waals surface area contributed by atoms with Crippen LogP contribution in [0.15, 0.2) is 24.5 Å². The molecule has 0 unspecified atom stereocenters. The summed E-state index contributed by atoms with van der Waals surface area (Å²) in [5.41, 5.74) is 1.78. The van der Waals surface area contributed by atoms with Crippen molar-refractivity contribution in [1.29, 1.82) is 0 Å². The maximum absolute atomic E-state index is 12.8. The van der Waals surface area contributed by atoms with E-state index in [9.17, 15) is 13.2 Å². The monoisotopic (exact) mass is 401 g/mol. The van der Waals surface area contributed by atoms with Crippen LogP contribution in [-0.4, -0.2) is 40.6 Å². The van der Waals surface area contributed by atoms with Gasteiger partial charge in [-0.15, -0.1) is 0 Å². The normalized spacial score (nSPS) is 20.2. The Hall–Kier alpha value is -1.80. The molecule has 9 heteroatoms. The van der Waals surface area contributed by atoms with Crippen LogP contribution in [0.2, 0.25) is 5.15 Å². The largest absolute Gasteiger partial charge is 0.384 e. The Bertz CT molecular complexity index is 732. The lowest BCUT2D eigenvalue weighted by Gasteiger charge is -2.29. The lowest BCUT2D eigenvalue weighted by molar-refractivity contribution is 0.0568. The van der Waals surface area contributed by atoms with Crippen molar-refractivity contribution in [2.75, 3.05) is 25.1 Å². The number of halogens is 4. The van der Waals surface area contributed by atoms with Crippen LogP contribution in [-0.2, 0) is 0 Å². The molecule has 1 fully saturated rings. The first-order chi connectivity index (χ1) is 13.1. The van der Waals surface area contributed by atoms with Crippen LogP contribution in [0.3, 0.4) is 0 Å². The number of rotatable bonds is 8. The fourth-order valence-corrected chi connectivity index (χ4v) is 3.61. The van der Waals surface area contributed by atoms with E-state index in [1.54, 1.807) is 12.3 Å². The molecule has 2 aromatic heterocycles. The van der Waals surface area contributed by atoms with Crippen molar-refractivity contribution >= 4 is 17.3 Å². The highest BCUT2D eigenvalue weighted by Crippen LogP contribution is 2.30. The molecule has 2 heterocycles. The lowest BCUT2D eigenvalue weighted by Crippen LogP contribution is -2.35. The van der Waals surface area contributed by atoms with Crippen molar-refractivity contribution in [2.45, 2.75) is 38.3 Å². The van der Waals surface area contributed by atoms with Gasteiger partial charge >= 0.3 is 6.55 Å². The average molecular weight is 402 g/mol. The van der Waals surface area contributed by atoms with Crippen molar-refractivity contribution in [3.8, 4) is 11.3 Å². The highest BCUT2D eigenvalue weighted by atomic mass is 35.5. The molecule has 3 rings (SSSR count). The Morgan fingerprint density at radius 2 is 2.04 bits per heavy atom. The van der Waals surface area contributed by atoms with Gasteiger partial charge in [0.05, 0.1) is 5.69 Å². The molecule has 2 N–H and O–H groups in total. The summed E-state index contributed by atoms with van der Waals surface area (Å²) in [6.45, 7) is -1.86. The van der Waals surface area contributed by atoms with Crippen LogP contribution in [0, 0.1) is 5.92 Å². The minimum Gasteiger partial charge on any atom is -0.384 e. The van der Waals surface area contributed by atoms with E-state index in [2.05, 4.69) is 20.7 Å². The third kappa shape index (κ3) is 5.35. The van der Waals surface area contributed by atoms with Gasteiger partial charge in [-0.05, 0) is 43.7 Å². The van der Waals surface area contributed by atoms with Crippen LogP contribution < -0.4 is 10.6 Å². The Morgan fingerprint density at radius 1 is 1.26 bits per heavy atom. The summed E-state index contributed by atoms with van der Waals surface area (Å²) >= 11 is 6.01. The van der Waals surface area contributed by atoms with Crippen molar-refractivity contribution in [1.82, 2.24) is 20.1 Å². The van der Waals surface area contributed by atoms with E-state index < -0.39 is 6.55 Å². The number of hydrogen-bond acceptors (Lipinski definition) is 4. The summed E-state index contributed by atoms with van der Waals surface area (Å²) in [5.74, 6) is 0.492. The zero-order chi connectivity index (χ0) is 19.2. The molecule has 1 saturated carbocycles. The quantitative estimate of drug-likeness (QED) is 0.638. The summed E-state index contributed by atoms with van der Waals surface area (Å²) < 4.78 is 38.4. The highest BCUT2D eigenvalue weighted by molar-refractivity contribution is 6.29. The Kier molecular flexibility index (Phi) is 6.95. The minimum absolute atomic E-state index is 0.327. The number of hydrogen-bond donors (Lipinski definition) is 2. The first-order valence-electron chi connectivity index (χ1n) is 9.09. The van der Waals surface area contributed by atoms with Crippen LogP contribution in [0.5, 0.6) is 0 Å². The van der Waals surface area contributed by atoms with Crippen molar-refractivity contribution in [2.24, 2.45) is 5.92 Å². The highest BCUT2D eigenvalue weighted by Gasteiger charge is 2.21. The van der Waals surface area contributed by atoms with Gasteiger partial charge in [0.25, 0.3) is 0 Å². The van der Waals surface area contributed by atoms with Crippen molar-refractivity contribution in [3.05, 3.63) is 29.7 Å². The number of anilines is 1. The Balaban J connectivity index is 1.62. The lowest BCUT2D eigenvalue weighted by atomic mass is 9.86. The zero-order valence-electron chi connectivity index (χ0n) is 14.8. The predicted molar refractivity (Wildman–Crippen MR) is 99.9 cm³/mol. The molecule has 0 atom stereocenters. The van der Waals surface area contributed by atoms with Gasteiger partial charge in [-0.1, -0.05) is 11.6 Å². The van der Waals surface area contributed by atoms with Crippen molar-refractivity contribution < 1.29 is 13.2 Å². The molecule has 1 aliphatic carbocycles. The summed E-state index contributed by atoms with van der Waals surface area (Å²) in [6, 6.07) is 3.61. The van der Waals surface area contributed by atoms with Crippen molar-refractivity contribution in [3.63, 3.8) is 0 Å². The van der Waals surface area contributed by atoms with Gasteiger partial charge in [0.2, 0.25) is 0 Å². The molecule has 5 nitrogen and oxygen atoms in total. The number of aromatic nitrogens is 3.